The van der Waals surface area contributed by atoms with Crippen molar-refractivity contribution in [2.75, 3.05) is 23.7 Å². The van der Waals surface area contributed by atoms with Gasteiger partial charge >= 0.3 is 0 Å². The van der Waals surface area contributed by atoms with Crippen LogP contribution in [-0.4, -0.2) is 24.9 Å². The highest BCUT2D eigenvalue weighted by atomic mass is 16.2. The molecule has 0 heterocycles. The van der Waals surface area contributed by atoms with Gasteiger partial charge in [-0.3, -0.25) is 9.59 Å². The zero-order valence-electron chi connectivity index (χ0n) is 12.9. The number of likely N-dealkylation sites (N-methyl/N-ethyl adjacent to an activating group) is 1. The standard InChI is InChI=1S/C16H25N3O2/c1-3-5-6-10-15(20)19-14-9-7-8-13(11-14)18-12-16(21)17-4-2/h7-9,11,18H,3-6,10,12H2,1-2H3,(H,17,21)(H,19,20). The Hall–Kier alpha value is -2.04. The van der Waals surface area contributed by atoms with Crippen molar-refractivity contribution in [3.63, 3.8) is 0 Å². The van der Waals surface area contributed by atoms with Crippen LogP contribution in [0, 0.1) is 0 Å². The smallest absolute Gasteiger partial charge is 0.239 e. The second-order valence-corrected chi connectivity index (χ2v) is 4.89. The van der Waals surface area contributed by atoms with Gasteiger partial charge in [-0.05, 0) is 31.5 Å². The van der Waals surface area contributed by atoms with Crippen molar-refractivity contribution in [1.82, 2.24) is 5.32 Å². The predicted octanol–water partition coefficient (Wildman–Crippen LogP) is 2.75. The average Bonchev–Trinajstić information content (AvgIpc) is 2.46. The van der Waals surface area contributed by atoms with Crippen molar-refractivity contribution < 1.29 is 9.59 Å². The largest absolute Gasteiger partial charge is 0.376 e. The Bertz CT molecular complexity index is 461. The van der Waals surface area contributed by atoms with E-state index in [1.54, 1.807) is 0 Å². The third-order valence-electron chi connectivity index (χ3n) is 2.98. The predicted molar refractivity (Wildman–Crippen MR) is 86.4 cm³/mol. The number of amides is 2. The number of hydrogen-bond donors (Lipinski definition) is 3. The van der Waals surface area contributed by atoms with E-state index >= 15 is 0 Å². The van der Waals surface area contributed by atoms with Gasteiger partial charge < -0.3 is 16.0 Å². The molecule has 0 aliphatic heterocycles. The van der Waals surface area contributed by atoms with E-state index in [1.165, 1.54) is 0 Å². The molecule has 0 aromatic heterocycles. The normalized spacial score (nSPS) is 10.0. The zero-order chi connectivity index (χ0) is 15.5. The SMILES string of the molecule is CCCCCC(=O)Nc1cccc(NCC(=O)NCC)c1. The zero-order valence-corrected chi connectivity index (χ0v) is 12.9. The molecule has 3 N–H and O–H groups in total. The van der Waals surface area contributed by atoms with Crippen molar-refractivity contribution >= 4 is 23.2 Å². The summed E-state index contributed by atoms with van der Waals surface area (Å²) >= 11 is 0. The molecule has 116 valence electrons. The fourth-order valence-electron chi connectivity index (χ4n) is 1.91. The molecule has 1 aromatic carbocycles. The van der Waals surface area contributed by atoms with Gasteiger partial charge in [0.25, 0.3) is 0 Å². The van der Waals surface area contributed by atoms with Crippen LogP contribution in [-0.2, 0) is 9.59 Å². The highest BCUT2D eigenvalue weighted by Crippen LogP contribution is 2.15. The first-order chi connectivity index (χ1) is 10.2. The van der Waals surface area contributed by atoms with Crippen LogP contribution in [0.5, 0.6) is 0 Å². The van der Waals surface area contributed by atoms with Crippen LogP contribution in [0.3, 0.4) is 0 Å². The van der Waals surface area contributed by atoms with Gasteiger partial charge in [0.2, 0.25) is 11.8 Å². The molecular weight excluding hydrogens is 266 g/mol. The van der Waals surface area contributed by atoms with Crippen LogP contribution in [0.2, 0.25) is 0 Å². The van der Waals surface area contributed by atoms with Gasteiger partial charge in [0, 0.05) is 24.3 Å². The third kappa shape index (κ3) is 7.34. The number of hydrogen-bond acceptors (Lipinski definition) is 3. The van der Waals surface area contributed by atoms with E-state index in [-0.39, 0.29) is 18.4 Å². The van der Waals surface area contributed by atoms with E-state index in [4.69, 9.17) is 0 Å². The number of rotatable bonds is 9. The first-order valence-corrected chi connectivity index (χ1v) is 7.56. The summed E-state index contributed by atoms with van der Waals surface area (Å²) < 4.78 is 0. The van der Waals surface area contributed by atoms with E-state index in [0.717, 1.165) is 30.6 Å². The Morgan fingerprint density at radius 1 is 1.05 bits per heavy atom. The topological polar surface area (TPSA) is 70.2 Å². The highest BCUT2D eigenvalue weighted by Gasteiger charge is 2.03. The van der Waals surface area contributed by atoms with Crippen LogP contribution in [0.4, 0.5) is 11.4 Å². The maximum absolute atomic E-state index is 11.8. The lowest BCUT2D eigenvalue weighted by molar-refractivity contribution is -0.119. The lowest BCUT2D eigenvalue weighted by Crippen LogP contribution is -2.29. The number of unbranched alkanes of at least 4 members (excludes halogenated alkanes) is 2. The maximum Gasteiger partial charge on any atom is 0.239 e. The fourth-order valence-corrected chi connectivity index (χ4v) is 1.91. The minimum Gasteiger partial charge on any atom is -0.376 e. The van der Waals surface area contributed by atoms with Crippen LogP contribution < -0.4 is 16.0 Å². The van der Waals surface area contributed by atoms with E-state index in [0.29, 0.717) is 13.0 Å². The molecule has 0 aliphatic rings. The molecule has 2 amide bonds. The summed E-state index contributed by atoms with van der Waals surface area (Å²) in [7, 11) is 0. The Labute approximate surface area is 126 Å². The Balaban J connectivity index is 2.44. The molecule has 0 atom stereocenters. The highest BCUT2D eigenvalue weighted by molar-refractivity contribution is 5.91. The molecule has 0 aliphatic carbocycles. The minimum atomic E-state index is -0.0495. The number of nitrogens with one attached hydrogen (secondary N) is 3. The van der Waals surface area contributed by atoms with Gasteiger partial charge in [0.15, 0.2) is 0 Å². The first-order valence-electron chi connectivity index (χ1n) is 7.56. The summed E-state index contributed by atoms with van der Waals surface area (Å²) in [5.74, 6) is -0.0177. The van der Waals surface area contributed by atoms with Crippen LogP contribution in [0.25, 0.3) is 0 Å². The fraction of sp³-hybridized carbons (Fsp3) is 0.500. The van der Waals surface area contributed by atoms with Gasteiger partial charge in [0.05, 0.1) is 6.54 Å². The number of benzene rings is 1. The molecule has 1 rings (SSSR count). The van der Waals surface area contributed by atoms with E-state index in [2.05, 4.69) is 22.9 Å². The quantitative estimate of drug-likeness (QED) is 0.613. The van der Waals surface area contributed by atoms with Crippen molar-refractivity contribution in [3.8, 4) is 0 Å². The summed E-state index contributed by atoms with van der Waals surface area (Å²) in [6.45, 7) is 4.84. The molecule has 21 heavy (non-hydrogen) atoms. The molecule has 0 saturated heterocycles. The van der Waals surface area contributed by atoms with Crippen LogP contribution >= 0.6 is 0 Å². The summed E-state index contributed by atoms with van der Waals surface area (Å²) in [6.07, 6.45) is 3.63. The molecule has 0 fully saturated rings. The summed E-state index contributed by atoms with van der Waals surface area (Å²) in [5, 5.41) is 8.63. The number of anilines is 2. The van der Waals surface area contributed by atoms with Gasteiger partial charge in [0.1, 0.15) is 0 Å². The third-order valence-corrected chi connectivity index (χ3v) is 2.98. The lowest BCUT2D eigenvalue weighted by atomic mass is 10.2. The summed E-state index contributed by atoms with van der Waals surface area (Å²) in [4.78, 5) is 23.1. The lowest BCUT2D eigenvalue weighted by Gasteiger charge is -2.09. The maximum atomic E-state index is 11.8. The molecule has 1 aromatic rings. The summed E-state index contributed by atoms with van der Waals surface area (Å²) in [6, 6.07) is 7.39. The average molecular weight is 291 g/mol. The van der Waals surface area contributed by atoms with Crippen molar-refractivity contribution in [2.24, 2.45) is 0 Å². The van der Waals surface area contributed by atoms with Crippen molar-refractivity contribution in [1.29, 1.82) is 0 Å². The van der Waals surface area contributed by atoms with Crippen LogP contribution in [0.1, 0.15) is 39.5 Å². The van der Waals surface area contributed by atoms with Gasteiger partial charge in [-0.2, -0.15) is 0 Å². The van der Waals surface area contributed by atoms with Gasteiger partial charge in [-0.15, -0.1) is 0 Å². The Morgan fingerprint density at radius 3 is 2.52 bits per heavy atom. The Kier molecular flexibility index (Phi) is 7.94. The number of carbonyl (C=O) groups is 2. The molecule has 0 radical (unpaired) electrons. The van der Waals surface area contributed by atoms with E-state index in [1.807, 2.05) is 31.2 Å². The molecular formula is C16H25N3O2. The second-order valence-electron chi connectivity index (χ2n) is 4.89. The molecule has 0 bridgehead atoms. The molecule has 5 heteroatoms. The van der Waals surface area contributed by atoms with Crippen molar-refractivity contribution in [2.45, 2.75) is 39.5 Å². The molecule has 0 spiro atoms. The summed E-state index contributed by atoms with van der Waals surface area (Å²) in [5.41, 5.74) is 1.56. The van der Waals surface area contributed by atoms with Crippen LogP contribution in [0.15, 0.2) is 24.3 Å². The second kappa shape index (κ2) is 9.80. The first kappa shape index (κ1) is 17.0. The Morgan fingerprint density at radius 2 is 1.81 bits per heavy atom. The van der Waals surface area contributed by atoms with E-state index in [9.17, 15) is 9.59 Å². The molecule has 0 saturated carbocycles. The van der Waals surface area contributed by atoms with Crippen molar-refractivity contribution in [3.05, 3.63) is 24.3 Å². The minimum absolute atomic E-state index is 0.0318. The molecule has 0 unspecified atom stereocenters. The van der Waals surface area contributed by atoms with E-state index < -0.39 is 0 Å². The monoisotopic (exact) mass is 291 g/mol. The van der Waals surface area contributed by atoms with Gasteiger partial charge in [-0.25, -0.2) is 0 Å². The van der Waals surface area contributed by atoms with Gasteiger partial charge in [-0.1, -0.05) is 25.8 Å². The molecule has 5 nitrogen and oxygen atoms in total. The number of carbonyl (C=O) groups excluding carboxylic acids is 2.